The van der Waals surface area contributed by atoms with Crippen molar-refractivity contribution in [2.75, 3.05) is 4.90 Å². The highest BCUT2D eigenvalue weighted by atomic mass is 15.1. The highest BCUT2D eigenvalue weighted by molar-refractivity contribution is 5.92. The van der Waals surface area contributed by atoms with Crippen LogP contribution in [0.3, 0.4) is 0 Å². The van der Waals surface area contributed by atoms with E-state index in [1.807, 2.05) is 0 Å². The van der Waals surface area contributed by atoms with Gasteiger partial charge in [0, 0.05) is 17.1 Å². The van der Waals surface area contributed by atoms with Crippen LogP contribution in [-0.2, 0) is 0 Å². The van der Waals surface area contributed by atoms with Crippen LogP contribution in [0.2, 0.25) is 0 Å². The quantitative estimate of drug-likeness (QED) is 0.155. The van der Waals surface area contributed by atoms with Crippen molar-refractivity contribution in [2.45, 2.75) is 0 Å². The summed E-state index contributed by atoms with van der Waals surface area (Å²) in [5.74, 6) is 0. The first kappa shape index (κ1) is 32.0. The minimum atomic E-state index is 1.11. The van der Waals surface area contributed by atoms with E-state index < -0.39 is 0 Å². The molecule has 0 atom stereocenters. The molecule has 9 aromatic carbocycles. The lowest BCUT2D eigenvalue weighted by molar-refractivity contribution is 1.28. The van der Waals surface area contributed by atoms with Crippen LogP contribution in [0.15, 0.2) is 224 Å². The number of para-hydroxylation sites is 1. The summed E-state index contributed by atoms with van der Waals surface area (Å²) in [7, 11) is 0. The van der Waals surface area contributed by atoms with Gasteiger partial charge in [0.25, 0.3) is 0 Å². The van der Waals surface area contributed by atoms with Crippen LogP contribution in [0.5, 0.6) is 0 Å². The largest absolute Gasteiger partial charge is 0.311 e. The van der Waals surface area contributed by atoms with Crippen molar-refractivity contribution in [3.63, 3.8) is 0 Å². The Balaban J connectivity index is 1.05. The molecule has 9 aromatic rings. The third-order valence-electron chi connectivity index (χ3n) is 10.1. The Bertz CT molecular complexity index is 2610. The standard InChI is InChI=1S/C52H37N/c1-5-13-38(14-6-1)44-23-21-41-22-24-45(36-47(41)35-44)40-25-30-49(31-26-40)53(48-19-11-4-12-20-48)50-32-27-43(28-33-50)51-34-29-46(39-15-7-2-8-16-39)37-52(51)42-17-9-3-10-18-42/h1-37H. The molecule has 0 aliphatic rings. The molecule has 1 heteroatoms. The van der Waals surface area contributed by atoms with Gasteiger partial charge in [0.05, 0.1) is 0 Å². The van der Waals surface area contributed by atoms with Gasteiger partial charge in [-0.05, 0) is 121 Å². The molecule has 250 valence electrons. The molecular formula is C52H37N. The lowest BCUT2D eigenvalue weighted by atomic mass is 9.91. The molecule has 0 spiro atoms. The normalized spacial score (nSPS) is 11.0. The Morgan fingerprint density at radius 1 is 0.208 bits per heavy atom. The molecule has 0 unspecified atom stereocenters. The van der Waals surface area contributed by atoms with Gasteiger partial charge in [-0.1, -0.05) is 170 Å². The summed E-state index contributed by atoms with van der Waals surface area (Å²) in [6, 6.07) is 80.7. The van der Waals surface area contributed by atoms with Crippen molar-refractivity contribution in [3.05, 3.63) is 224 Å². The third-order valence-corrected chi connectivity index (χ3v) is 10.1. The van der Waals surface area contributed by atoms with Crippen molar-refractivity contribution in [1.29, 1.82) is 0 Å². The van der Waals surface area contributed by atoms with E-state index in [2.05, 4.69) is 229 Å². The molecule has 0 N–H and O–H groups in total. The van der Waals surface area contributed by atoms with Gasteiger partial charge in [0.15, 0.2) is 0 Å². The fourth-order valence-electron chi connectivity index (χ4n) is 7.32. The summed E-state index contributed by atoms with van der Waals surface area (Å²) >= 11 is 0. The van der Waals surface area contributed by atoms with Crippen molar-refractivity contribution in [2.24, 2.45) is 0 Å². The predicted molar refractivity (Wildman–Crippen MR) is 226 cm³/mol. The van der Waals surface area contributed by atoms with Crippen molar-refractivity contribution in [1.82, 2.24) is 0 Å². The number of hydrogen-bond donors (Lipinski definition) is 0. The molecule has 0 bridgehead atoms. The van der Waals surface area contributed by atoms with Crippen LogP contribution in [0.4, 0.5) is 17.1 Å². The first-order valence-electron chi connectivity index (χ1n) is 18.2. The Kier molecular flexibility index (Phi) is 8.66. The average molecular weight is 676 g/mol. The fourth-order valence-corrected chi connectivity index (χ4v) is 7.32. The lowest BCUT2D eigenvalue weighted by Crippen LogP contribution is -2.09. The molecule has 0 amide bonds. The summed E-state index contributed by atoms with van der Waals surface area (Å²) < 4.78 is 0. The Labute approximate surface area is 311 Å². The molecule has 0 fully saturated rings. The van der Waals surface area contributed by atoms with E-state index in [1.165, 1.54) is 66.4 Å². The topological polar surface area (TPSA) is 3.24 Å². The zero-order valence-electron chi connectivity index (χ0n) is 29.3. The zero-order valence-corrected chi connectivity index (χ0v) is 29.3. The molecular weight excluding hydrogens is 639 g/mol. The molecule has 0 saturated carbocycles. The number of rotatable bonds is 8. The second kappa shape index (κ2) is 14.3. The van der Waals surface area contributed by atoms with Crippen molar-refractivity contribution < 1.29 is 0 Å². The minimum Gasteiger partial charge on any atom is -0.311 e. The summed E-state index contributed by atoms with van der Waals surface area (Å²) in [6.45, 7) is 0. The van der Waals surface area contributed by atoms with E-state index in [9.17, 15) is 0 Å². The van der Waals surface area contributed by atoms with Crippen molar-refractivity contribution >= 4 is 27.8 Å². The van der Waals surface area contributed by atoms with Crippen LogP contribution in [-0.4, -0.2) is 0 Å². The second-order valence-electron chi connectivity index (χ2n) is 13.4. The maximum Gasteiger partial charge on any atom is 0.0462 e. The number of benzene rings is 9. The SMILES string of the molecule is c1ccc(-c2ccc(-c3ccc(N(c4ccccc4)c4ccc(-c5ccc6ccc(-c7ccccc7)cc6c5)cc4)cc3)c(-c3ccccc3)c2)cc1. The van der Waals surface area contributed by atoms with Crippen LogP contribution in [0.1, 0.15) is 0 Å². The van der Waals surface area contributed by atoms with Gasteiger partial charge in [-0.25, -0.2) is 0 Å². The van der Waals surface area contributed by atoms with Gasteiger partial charge >= 0.3 is 0 Å². The van der Waals surface area contributed by atoms with Gasteiger partial charge in [-0.15, -0.1) is 0 Å². The van der Waals surface area contributed by atoms with Crippen LogP contribution in [0.25, 0.3) is 66.4 Å². The first-order chi connectivity index (χ1) is 26.3. The maximum absolute atomic E-state index is 2.33. The van der Waals surface area contributed by atoms with E-state index in [0.717, 1.165) is 17.1 Å². The lowest BCUT2D eigenvalue weighted by Gasteiger charge is -2.26. The molecule has 0 saturated heterocycles. The molecule has 0 heterocycles. The minimum absolute atomic E-state index is 1.11. The number of anilines is 3. The molecule has 9 rings (SSSR count). The number of nitrogens with zero attached hydrogens (tertiary/aromatic N) is 1. The molecule has 0 aromatic heterocycles. The van der Waals surface area contributed by atoms with Crippen molar-refractivity contribution in [3.8, 4) is 55.6 Å². The van der Waals surface area contributed by atoms with Gasteiger partial charge in [-0.3, -0.25) is 0 Å². The smallest absolute Gasteiger partial charge is 0.0462 e. The highest BCUT2D eigenvalue weighted by Gasteiger charge is 2.15. The van der Waals surface area contributed by atoms with Gasteiger partial charge in [0.2, 0.25) is 0 Å². The van der Waals surface area contributed by atoms with Crippen LogP contribution < -0.4 is 4.90 Å². The Morgan fingerprint density at radius 3 is 1.09 bits per heavy atom. The van der Waals surface area contributed by atoms with Gasteiger partial charge in [-0.2, -0.15) is 0 Å². The molecule has 0 aliphatic heterocycles. The van der Waals surface area contributed by atoms with Crippen LogP contribution in [0, 0.1) is 0 Å². The number of hydrogen-bond acceptors (Lipinski definition) is 1. The summed E-state index contributed by atoms with van der Waals surface area (Å²) in [5, 5.41) is 2.48. The Hall–Kier alpha value is -6.96. The second-order valence-corrected chi connectivity index (χ2v) is 13.4. The molecule has 0 aliphatic carbocycles. The van der Waals surface area contributed by atoms with E-state index >= 15 is 0 Å². The summed E-state index contributed by atoms with van der Waals surface area (Å²) in [5.41, 5.74) is 15.4. The van der Waals surface area contributed by atoms with Crippen LogP contribution >= 0.6 is 0 Å². The van der Waals surface area contributed by atoms with E-state index in [-0.39, 0.29) is 0 Å². The van der Waals surface area contributed by atoms with E-state index in [0.29, 0.717) is 0 Å². The molecule has 0 radical (unpaired) electrons. The monoisotopic (exact) mass is 675 g/mol. The summed E-state index contributed by atoms with van der Waals surface area (Å²) in [4.78, 5) is 2.33. The first-order valence-corrected chi connectivity index (χ1v) is 18.2. The average Bonchev–Trinajstić information content (AvgIpc) is 3.25. The molecule has 1 nitrogen and oxygen atoms in total. The van der Waals surface area contributed by atoms with Gasteiger partial charge in [0.1, 0.15) is 0 Å². The van der Waals surface area contributed by atoms with E-state index in [1.54, 1.807) is 0 Å². The fraction of sp³-hybridized carbons (Fsp3) is 0. The van der Waals surface area contributed by atoms with Gasteiger partial charge < -0.3 is 4.90 Å². The molecule has 53 heavy (non-hydrogen) atoms. The zero-order chi connectivity index (χ0) is 35.4. The maximum atomic E-state index is 2.33. The van der Waals surface area contributed by atoms with E-state index in [4.69, 9.17) is 0 Å². The third kappa shape index (κ3) is 6.65. The summed E-state index contributed by atoms with van der Waals surface area (Å²) in [6.07, 6.45) is 0. The number of fused-ring (bicyclic) bond motifs is 1. The highest BCUT2D eigenvalue weighted by Crippen LogP contribution is 2.40. The Morgan fingerprint density at radius 2 is 0.566 bits per heavy atom. The predicted octanol–water partition coefficient (Wildman–Crippen LogP) is 14.6.